The molecule has 0 fully saturated rings. The van der Waals surface area contributed by atoms with Crippen LogP contribution in [0.25, 0.3) is 10.8 Å². The highest BCUT2D eigenvalue weighted by molar-refractivity contribution is 6.36. The molecular formula is C28H21Cl2N3O4. The van der Waals surface area contributed by atoms with Crippen LogP contribution in [0.1, 0.15) is 31.8 Å². The van der Waals surface area contributed by atoms with Crippen LogP contribution < -0.4 is 15.5 Å². The van der Waals surface area contributed by atoms with Crippen LogP contribution >= 0.6 is 23.2 Å². The summed E-state index contributed by atoms with van der Waals surface area (Å²) in [5.41, 5.74) is 4.40. The van der Waals surface area contributed by atoms with E-state index in [1.54, 1.807) is 36.4 Å². The highest BCUT2D eigenvalue weighted by Gasteiger charge is 2.16. The molecule has 0 aliphatic heterocycles. The van der Waals surface area contributed by atoms with Gasteiger partial charge in [0.05, 0.1) is 23.3 Å². The molecule has 0 bridgehead atoms. The van der Waals surface area contributed by atoms with E-state index in [2.05, 4.69) is 15.8 Å². The predicted molar refractivity (Wildman–Crippen MR) is 145 cm³/mol. The number of amides is 2. The Morgan fingerprint density at radius 1 is 0.946 bits per heavy atom. The van der Waals surface area contributed by atoms with Gasteiger partial charge >= 0.3 is 5.97 Å². The smallest absolute Gasteiger partial charge is 0.345 e. The summed E-state index contributed by atoms with van der Waals surface area (Å²) < 4.78 is 5.63. The Balaban J connectivity index is 1.49. The lowest BCUT2D eigenvalue weighted by Crippen LogP contribution is -2.34. The van der Waals surface area contributed by atoms with E-state index in [0.717, 1.165) is 16.3 Å². The number of carbonyl (C=O) groups is 3. The van der Waals surface area contributed by atoms with Crippen molar-refractivity contribution >= 4 is 58.0 Å². The Bertz CT molecular complexity index is 1540. The third kappa shape index (κ3) is 6.52. The van der Waals surface area contributed by atoms with Crippen molar-refractivity contribution in [3.05, 3.63) is 111 Å². The summed E-state index contributed by atoms with van der Waals surface area (Å²) in [6, 6.07) is 22.4. The quantitative estimate of drug-likeness (QED) is 0.141. The lowest BCUT2D eigenvalue weighted by molar-refractivity contribution is -0.120. The Kier molecular flexibility index (Phi) is 8.18. The van der Waals surface area contributed by atoms with Crippen molar-refractivity contribution in [2.75, 3.05) is 6.54 Å². The fourth-order valence-corrected chi connectivity index (χ4v) is 4.05. The fourth-order valence-electron chi connectivity index (χ4n) is 3.56. The molecule has 2 N–H and O–H groups in total. The molecule has 0 aliphatic carbocycles. The molecule has 37 heavy (non-hydrogen) atoms. The number of hydrazone groups is 1. The van der Waals surface area contributed by atoms with Crippen molar-refractivity contribution < 1.29 is 19.1 Å². The Hall–Kier alpha value is -4.20. The van der Waals surface area contributed by atoms with Gasteiger partial charge in [0.1, 0.15) is 5.75 Å². The zero-order valence-electron chi connectivity index (χ0n) is 19.6. The van der Waals surface area contributed by atoms with Gasteiger partial charge in [0.15, 0.2) is 0 Å². The van der Waals surface area contributed by atoms with Gasteiger partial charge in [0.2, 0.25) is 0 Å². The van der Waals surface area contributed by atoms with Crippen LogP contribution in [-0.4, -0.2) is 30.5 Å². The number of hydrogen-bond donors (Lipinski definition) is 2. The second-order valence-corrected chi connectivity index (χ2v) is 8.90. The maximum atomic E-state index is 12.8. The maximum Gasteiger partial charge on any atom is 0.345 e. The number of nitrogens with one attached hydrogen (secondary N) is 2. The van der Waals surface area contributed by atoms with Gasteiger partial charge in [-0.2, -0.15) is 5.10 Å². The van der Waals surface area contributed by atoms with E-state index < -0.39 is 11.9 Å². The Morgan fingerprint density at radius 3 is 2.54 bits per heavy atom. The van der Waals surface area contributed by atoms with Crippen molar-refractivity contribution in [2.45, 2.75) is 6.92 Å². The van der Waals surface area contributed by atoms with Crippen molar-refractivity contribution in [3.63, 3.8) is 0 Å². The number of benzene rings is 4. The first-order valence-electron chi connectivity index (χ1n) is 11.2. The van der Waals surface area contributed by atoms with E-state index in [4.69, 9.17) is 27.9 Å². The highest BCUT2D eigenvalue weighted by Crippen LogP contribution is 2.29. The van der Waals surface area contributed by atoms with Gasteiger partial charge < -0.3 is 10.1 Å². The number of hydrogen-bond acceptors (Lipinski definition) is 5. The van der Waals surface area contributed by atoms with Gasteiger partial charge in [0, 0.05) is 16.1 Å². The van der Waals surface area contributed by atoms with E-state index >= 15 is 0 Å². The van der Waals surface area contributed by atoms with Gasteiger partial charge in [-0.1, -0.05) is 71.2 Å². The second kappa shape index (κ2) is 11.7. The first-order valence-corrected chi connectivity index (χ1v) is 11.9. The van der Waals surface area contributed by atoms with Crippen molar-refractivity contribution in [3.8, 4) is 5.75 Å². The molecule has 0 heterocycles. The van der Waals surface area contributed by atoms with Gasteiger partial charge in [-0.15, -0.1) is 0 Å². The van der Waals surface area contributed by atoms with E-state index in [1.807, 2.05) is 37.3 Å². The topological polar surface area (TPSA) is 96.9 Å². The summed E-state index contributed by atoms with van der Waals surface area (Å²) in [5, 5.41) is 8.75. The molecule has 7 nitrogen and oxygen atoms in total. The highest BCUT2D eigenvalue weighted by atomic mass is 35.5. The summed E-state index contributed by atoms with van der Waals surface area (Å²) in [5.74, 6) is -1.34. The molecule has 0 aromatic heterocycles. The lowest BCUT2D eigenvalue weighted by atomic mass is 10.0. The predicted octanol–water partition coefficient (Wildman–Crippen LogP) is 5.55. The van der Waals surface area contributed by atoms with Crippen LogP contribution in [-0.2, 0) is 4.79 Å². The summed E-state index contributed by atoms with van der Waals surface area (Å²) in [6.45, 7) is 1.61. The molecule has 0 saturated carbocycles. The number of carbonyl (C=O) groups excluding carboxylic acids is 3. The van der Waals surface area contributed by atoms with E-state index in [0.29, 0.717) is 16.1 Å². The molecule has 0 radical (unpaired) electrons. The first-order chi connectivity index (χ1) is 17.8. The number of nitrogens with zero attached hydrogens (tertiary/aromatic N) is 1. The van der Waals surface area contributed by atoms with Crippen molar-refractivity contribution in [1.29, 1.82) is 0 Å². The monoisotopic (exact) mass is 533 g/mol. The molecule has 0 saturated heterocycles. The fraction of sp³-hybridized carbons (Fsp3) is 0.0714. The summed E-state index contributed by atoms with van der Waals surface area (Å²) >= 11 is 12.1. The van der Waals surface area contributed by atoms with Crippen molar-refractivity contribution in [1.82, 2.24) is 10.7 Å². The van der Waals surface area contributed by atoms with Gasteiger partial charge in [-0.05, 0) is 54.1 Å². The largest absolute Gasteiger partial charge is 0.422 e. The zero-order chi connectivity index (χ0) is 26.4. The minimum absolute atomic E-state index is 0.153. The Morgan fingerprint density at radius 2 is 1.76 bits per heavy atom. The molecule has 0 aliphatic rings. The molecule has 4 aromatic carbocycles. The number of ether oxygens (including phenoxy) is 1. The van der Waals surface area contributed by atoms with E-state index in [-0.39, 0.29) is 28.8 Å². The molecule has 2 amide bonds. The van der Waals surface area contributed by atoms with Gasteiger partial charge in [-0.25, -0.2) is 10.2 Å². The molecule has 4 aromatic rings. The third-order valence-corrected chi connectivity index (χ3v) is 5.90. The molecule has 4 rings (SSSR count). The van der Waals surface area contributed by atoms with Crippen LogP contribution in [0.15, 0.2) is 84.0 Å². The molecule has 0 atom stereocenters. The minimum Gasteiger partial charge on any atom is -0.422 e. The number of aryl methyl sites for hydroxylation is 1. The average molecular weight is 534 g/mol. The van der Waals surface area contributed by atoms with Crippen LogP contribution in [0.2, 0.25) is 10.0 Å². The van der Waals surface area contributed by atoms with Gasteiger partial charge in [0.25, 0.3) is 11.8 Å². The van der Waals surface area contributed by atoms with Crippen molar-refractivity contribution in [2.24, 2.45) is 5.10 Å². The molecule has 186 valence electrons. The van der Waals surface area contributed by atoms with Crippen LogP contribution in [0.4, 0.5) is 0 Å². The van der Waals surface area contributed by atoms with Crippen LogP contribution in [0.5, 0.6) is 5.75 Å². The molecular weight excluding hydrogens is 513 g/mol. The number of fused-ring (bicyclic) bond motifs is 1. The Labute approximate surface area is 223 Å². The second-order valence-electron chi connectivity index (χ2n) is 8.06. The van der Waals surface area contributed by atoms with E-state index in [9.17, 15) is 14.4 Å². The number of esters is 1. The zero-order valence-corrected chi connectivity index (χ0v) is 21.1. The molecule has 9 heteroatoms. The first kappa shape index (κ1) is 25.9. The normalized spacial score (nSPS) is 10.9. The summed E-state index contributed by atoms with van der Waals surface area (Å²) in [7, 11) is 0. The lowest BCUT2D eigenvalue weighted by Gasteiger charge is -2.11. The average Bonchev–Trinajstić information content (AvgIpc) is 2.88. The van der Waals surface area contributed by atoms with Crippen LogP contribution in [0, 0.1) is 6.92 Å². The summed E-state index contributed by atoms with van der Waals surface area (Å²) in [6.07, 6.45) is 1.38. The number of rotatable bonds is 7. The molecule has 0 unspecified atom stereocenters. The van der Waals surface area contributed by atoms with Gasteiger partial charge in [-0.3, -0.25) is 9.59 Å². The molecule has 0 spiro atoms. The van der Waals surface area contributed by atoms with E-state index in [1.165, 1.54) is 18.3 Å². The standard InChI is InChI=1S/C28H21Cl2N3O4/c1-17-5-4-7-19(13-17)27(35)31-16-26(34)33-32-15-23-21-8-3-2-6-18(21)9-12-25(23)37-28(36)22-11-10-20(29)14-24(22)30/h2-15H,16H2,1H3,(H,31,35)(H,33,34)/b32-15+. The van der Waals surface area contributed by atoms with Crippen LogP contribution in [0.3, 0.4) is 0 Å². The third-order valence-electron chi connectivity index (χ3n) is 5.36. The SMILES string of the molecule is Cc1cccc(C(=O)NCC(=O)N/N=C/c2c(OC(=O)c3ccc(Cl)cc3Cl)ccc3ccccc23)c1. The number of halogens is 2. The minimum atomic E-state index is -0.672. The summed E-state index contributed by atoms with van der Waals surface area (Å²) in [4.78, 5) is 37.3. The maximum absolute atomic E-state index is 12.8.